The molecule has 2 aromatic rings. The number of pyridine rings is 1. The van der Waals surface area contributed by atoms with Gasteiger partial charge in [-0.3, -0.25) is 0 Å². The largest absolute Gasteiger partial charge is 0.304 e. The average molecular weight is 189 g/mol. The van der Waals surface area contributed by atoms with E-state index in [9.17, 15) is 0 Å². The summed E-state index contributed by atoms with van der Waals surface area (Å²) < 4.78 is 5.24. The minimum absolute atomic E-state index is 0.630. The predicted octanol–water partition coefficient (Wildman–Crippen LogP) is 2.77. The first-order valence-electron chi connectivity index (χ1n) is 4.11. The Hall–Kier alpha value is -1.06. The van der Waals surface area contributed by atoms with E-state index in [1.165, 1.54) is 17.4 Å². The van der Waals surface area contributed by atoms with Crippen LogP contribution < -0.4 is 0 Å². The van der Waals surface area contributed by atoms with E-state index in [1.807, 2.05) is 18.2 Å². The third-order valence-electron chi connectivity index (χ3n) is 2.11. The zero-order valence-corrected chi connectivity index (χ0v) is 7.67. The Bertz CT molecular complexity index is 427. The highest BCUT2D eigenvalue weighted by Crippen LogP contribution is 2.33. The van der Waals surface area contributed by atoms with Crippen LogP contribution in [0.4, 0.5) is 0 Å². The number of benzene rings is 1. The molecule has 0 atom stereocenters. The lowest BCUT2D eigenvalue weighted by Gasteiger charge is -1.98. The molecule has 2 nitrogen and oxygen atoms in total. The van der Waals surface area contributed by atoms with Crippen molar-refractivity contribution in [2.45, 2.75) is 11.5 Å². The van der Waals surface area contributed by atoms with Crippen LogP contribution in [0.15, 0.2) is 35.2 Å². The maximum absolute atomic E-state index is 5.24. The van der Waals surface area contributed by atoms with Crippen molar-refractivity contribution in [3.8, 4) is 0 Å². The van der Waals surface area contributed by atoms with E-state index in [2.05, 4.69) is 17.1 Å². The quantitative estimate of drug-likeness (QED) is 0.595. The van der Waals surface area contributed by atoms with Crippen molar-refractivity contribution in [2.24, 2.45) is 0 Å². The minimum atomic E-state index is 0.630. The molecule has 0 saturated carbocycles. The lowest BCUT2D eigenvalue weighted by Crippen LogP contribution is -1.87. The van der Waals surface area contributed by atoms with Crippen LogP contribution in [-0.2, 0) is 10.8 Å². The fourth-order valence-electron chi connectivity index (χ4n) is 1.46. The predicted molar refractivity (Wildman–Crippen MR) is 52.4 cm³/mol. The Morgan fingerprint density at radius 3 is 3.23 bits per heavy atom. The highest BCUT2D eigenvalue weighted by atomic mass is 32.2. The van der Waals surface area contributed by atoms with Gasteiger partial charge in [0.25, 0.3) is 0 Å². The van der Waals surface area contributed by atoms with E-state index in [1.54, 1.807) is 0 Å². The van der Waals surface area contributed by atoms with Crippen LogP contribution in [0.1, 0.15) is 5.69 Å². The van der Waals surface area contributed by atoms with Gasteiger partial charge in [0.1, 0.15) is 6.61 Å². The second-order valence-electron chi connectivity index (χ2n) is 2.97. The van der Waals surface area contributed by atoms with Crippen molar-refractivity contribution in [3.63, 3.8) is 0 Å². The lowest BCUT2D eigenvalue weighted by molar-refractivity contribution is 0.374. The summed E-state index contributed by atoms with van der Waals surface area (Å²) in [5, 5.41) is 1.18. The van der Waals surface area contributed by atoms with Crippen LogP contribution in [0.3, 0.4) is 0 Å². The topological polar surface area (TPSA) is 22.1 Å². The fourth-order valence-corrected chi connectivity index (χ4v) is 2.13. The van der Waals surface area contributed by atoms with Gasteiger partial charge in [-0.1, -0.05) is 18.2 Å². The molecule has 13 heavy (non-hydrogen) atoms. The Balaban J connectivity index is 2.36. The van der Waals surface area contributed by atoms with Crippen LogP contribution in [0, 0.1) is 0 Å². The minimum Gasteiger partial charge on any atom is -0.304 e. The molecule has 0 radical (unpaired) electrons. The zero-order valence-electron chi connectivity index (χ0n) is 6.86. The van der Waals surface area contributed by atoms with E-state index >= 15 is 0 Å². The molecule has 0 saturated heterocycles. The van der Waals surface area contributed by atoms with Gasteiger partial charge in [0.05, 0.1) is 16.1 Å². The standard InChI is InChI=1S/C10H7NOS/c1-2-4-8-7(3-1)5-10-9(11-8)6-12-13-10/h1-5H,6H2. The Morgan fingerprint density at radius 2 is 2.23 bits per heavy atom. The number of fused-ring (bicyclic) bond motifs is 2. The van der Waals surface area contributed by atoms with Gasteiger partial charge in [-0.05, 0) is 12.1 Å². The zero-order chi connectivity index (χ0) is 8.67. The van der Waals surface area contributed by atoms with Crippen LogP contribution in [0.25, 0.3) is 10.9 Å². The third kappa shape index (κ3) is 1.12. The molecule has 0 bridgehead atoms. The van der Waals surface area contributed by atoms with Crippen LogP contribution in [0.2, 0.25) is 0 Å². The summed E-state index contributed by atoms with van der Waals surface area (Å²) in [4.78, 5) is 5.66. The summed E-state index contributed by atoms with van der Waals surface area (Å²) in [6, 6.07) is 10.3. The van der Waals surface area contributed by atoms with Crippen molar-refractivity contribution in [3.05, 3.63) is 36.0 Å². The van der Waals surface area contributed by atoms with Crippen molar-refractivity contribution >= 4 is 22.9 Å². The van der Waals surface area contributed by atoms with Crippen LogP contribution in [-0.4, -0.2) is 4.98 Å². The van der Waals surface area contributed by atoms with Crippen molar-refractivity contribution in [1.82, 2.24) is 4.98 Å². The van der Waals surface area contributed by atoms with Gasteiger partial charge in [0.15, 0.2) is 0 Å². The van der Waals surface area contributed by atoms with Crippen LogP contribution in [0.5, 0.6) is 0 Å². The second kappa shape index (κ2) is 2.72. The molecule has 0 unspecified atom stereocenters. The molecule has 2 heterocycles. The molecular weight excluding hydrogens is 182 g/mol. The molecule has 0 fully saturated rings. The van der Waals surface area contributed by atoms with Gasteiger partial charge in [0.2, 0.25) is 0 Å². The van der Waals surface area contributed by atoms with E-state index in [4.69, 9.17) is 4.18 Å². The number of rotatable bonds is 0. The molecule has 1 aliphatic rings. The smallest absolute Gasteiger partial charge is 0.105 e. The molecule has 0 aliphatic carbocycles. The number of nitrogens with zero attached hydrogens (tertiary/aromatic N) is 1. The molecule has 3 heteroatoms. The fraction of sp³-hybridized carbons (Fsp3) is 0.100. The maximum atomic E-state index is 5.24. The first kappa shape index (κ1) is 7.35. The monoisotopic (exact) mass is 189 g/mol. The summed E-state index contributed by atoms with van der Waals surface area (Å²) >= 11 is 1.42. The molecule has 3 rings (SSSR count). The summed E-state index contributed by atoms with van der Waals surface area (Å²) in [5.74, 6) is 0. The second-order valence-corrected chi connectivity index (χ2v) is 3.81. The highest BCUT2D eigenvalue weighted by Gasteiger charge is 2.14. The number of para-hydroxylation sites is 1. The van der Waals surface area contributed by atoms with Crippen molar-refractivity contribution in [1.29, 1.82) is 0 Å². The molecule has 1 aliphatic heterocycles. The van der Waals surface area contributed by atoms with E-state index in [0.717, 1.165) is 16.1 Å². The van der Waals surface area contributed by atoms with Crippen LogP contribution >= 0.6 is 12.0 Å². The molecule has 0 N–H and O–H groups in total. The van der Waals surface area contributed by atoms with Gasteiger partial charge >= 0.3 is 0 Å². The summed E-state index contributed by atoms with van der Waals surface area (Å²) in [6.07, 6.45) is 0. The SMILES string of the molecule is c1ccc2nc3c(cc2c1)SOC3. The van der Waals surface area contributed by atoms with E-state index < -0.39 is 0 Å². The number of hydrogen-bond donors (Lipinski definition) is 0. The first-order valence-corrected chi connectivity index (χ1v) is 4.86. The normalized spacial score (nSPS) is 14.8. The van der Waals surface area contributed by atoms with Gasteiger partial charge in [-0.15, -0.1) is 0 Å². The van der Waals surface area contributed by atoms with Crippen molar-refractivity contribution in [2.75, 3.05) is 0 Å². The highest BCUT2D eigenvalue weighted by molar-refractivity contribution is 7.95. The van der Waals surface area contributed by atoms with Crippen molar-refractivity contribution < 1.29 is 4.18 Å². The van der Waals surface area contributed by atoms with E-state index in [0.29, 0.717) is 6.61 Å². The average Bonchev–Trinajstić information content (AvgIpc) is 2.61. The first-order chi connectivity index (χ1) is 6.43. The molecule has 0 amide bonds. The molecule has 64 valence electrons. The number of hydrogen-bond acceptors (Lipinski definition) is 3. The molecule has 0 spiro atoms. The maximum Gasteiger partial charge on any atom is 0.105 e. The molecule has 1 aromatic heterocycles. The summed E-state index contributed by atoms with van der Waals surface area (Å²) in [6.45, 7) is 0.630. The molecular formula is C10H7NOS. The Labute approximate surface area is 80.1 Å². The van der Waals surface area contributed by atoms with Gasteiger partial charge in [-0.25, -0.2) is 4.98 Å². The summed E-state index contributed by atoms with van der Waals surface area (Å²) in [7, 11) is 0. The molecule has 1 aromatic carbocycles. The van der Waals surface area contributed by atoms with E-state index in [-0.39, 0.29) is 0 Å². The van der Waals surface area contributed by atoms with Gasteiger partial charge in [-0.2, -0.15) is 0 Å². The summed E-state index contributed by atoms with van der Waals surface area (Å²) in [5.41, 5.74) is 2.11. The number of aromatic nitrogens is 1. The third-order valence-corrected chi connectivity index (χ3v) is 2.88. The van der Waals surface area contributed by atoms with Gasteiger partial charge < -0.3 is 4.18 Å². The lowest BCUT2D eigenvalue weighted by atomic mass is 10.2. The van der Waals surface area contributed by atoms with Gasteiger partial charge in [0, 0.05) is 17.4 Å². The Morgan fingerprint density at radius 1 is 1.31 bits per heavy atom. The Kier molecular flexibility index (Phi) is 1.54.